The molecule has 23 heavy (non-hydrogen) atoms. The molecule has 6 nitrogen and oxygen atoms in total. The highest BCUT2D eigenvalue weighted by Crippen LogP contribution is 2.32. The van der Waals surface area contributed by atoms with Crippen LogP contribution in [0.4, 0.5) is 8.78 Å². The number of ether oxygens (including phenoxy) is 1. The molecule has 2 heterocycles. The molecule has 0 unspecified atom stereocenters. The fourth-order valence-corrected chi connectivity index (χ4v) is 2.61. The van der Waals surface area contributed by atoms with Gasteiger partial charge in [-0.2, -0.15) is 5.10 Å². The molecule has 122 valence electrons. The second kappa shape index (κ2) is 6.41. The van der Waals surface area contributed by atoms with Gasteiger partial charge in [0, 0.05) is 19.1 Å². The number of carbonyl (C=O) groups is 1. The zero-order valence-electron chi connectivity index (χ0n) is 12.5. The number of rotatable bonds is 4. The number of nitrogens with zero attached hydrogens (tertiary/aromatic N) is 2. The summed E-state index contributed by atoms with van der Waals surface area (Å²) in [6.07, 6.45) is 0.405. The van der Waals surface area contributed by atoms with Crippen molar-refractivity contribution in [1.29, 1.82) is 0 Å². The monoisotopic (exact) mass is 322 g/mol. The quantitative estimate of drug-likeness (QED) is 0.901. The second-order valence-electron chi connectivity index (χ2n) is 5.43. The lowest BCUT2D eigenvalue weighted by Crippen LogP contribution is -2.31. The Balaban J connectivity index is 1.65. The lowest BCUT2D eigenvalue weighted by molar-refractivity contribution is 0.0797. The number of aromatic amines is 1. The number of hydrogen-bond acceptors (Lipinski definition) is 4. The average molecular weight is 322 g/mol. The summed E-state index contributed by atoms with van der Waals surface area (Å²) < 4.78 is 32.4. The van der Waals surface area contributed by atoms with Crippen LogP contribution in [-0.4, -0.2) is 34.2 Å². The maximum atomic E-state index is 13.6. The van der Waals surface area contributed by atoms with Gasteiger partial charge in [-0.3, -0.25) is 9.89 Å². The van der Waals surface area contributed by atoms with Crippen LogP contribution in [0.15, 0.2) is 18.2 Å². The minimum atomic E-state index is -1.14. The molecule has 0 radical (unpaired) electrons. The topological polar surface area (TPSA) is 79.9 Å². The first-order valence-corrected chi connectivity index (χ1v) is 7.29. The highest BCUT2D eigenvalue weighted by Gasteiger charge is 2.33. The van der Waals surface area contributed by atoms with Crippen LogP contribution in [0.3, 0.4) is 0 Å². The maximum absolute atomic E-state index is 13.6. The van der Waals surface area contributed by atoms with Crippen molar-refractivity contribution in [2.45, 2.75) is 19.4 Å². The first kappa shape index (κ1) is 15.5. The van der Waals surface area contributed by atoms with Crippen LogP contribution in [0.1, 0.15) is 34.5 Å². The number of hydrogen-bond donors (Lipinski definition) is 2. The summed E-state index contributed by atoms with van der Waals surface area (Å²) in [7, 11) is 0. The molecule has 2 aromatic rings. The predicted octanol–water partition coefficient (Wildman–Crippen LogP) is 1.90. The smallest absolute Gasteiger partial charge is 0.254 e. The number of carbonyl (C=O) groups excluding carboxylic acids is 1. The summed E-state index contributed by atoms with van der Waals surface area (Å²) in [4.78, 5) is 16.3. The van der Waals surface area contributed by atoms with Crippen LogP contribution in [0.25, 0.3) is 0 Å². The highest BCUT2D eigenvalue weighted by molar-refractivity contribution is 5.94. The largest absolute Gasteiger partial charge is 0.370 e. The van der Waals surface area contributed by atoms with Crippen LogP contribution >= 0.6 is 0 Å². The van der Waals surface area contributed by atoms with Crippen molar-refractivity contribution < 1.29 is 18.3 Å². The maximum Gasteiger partial charge on any atom is 0.254 e. The Morgan fingerprint density at radius 3 is 3.04 bits per heavy atom. The van der Waals surface area contributed by atoms with E-state index < -0.39 is 17.5 Å². The van der Waals surface area contributed by atoms with Gasteiger partial charge in [-0.05, 0) is 25.5 Å². The molecule has 0 spiro atoms. The number of aryl methyl sites for hydroxylation is 1. The number of H-pyrrole nitrogens is 1. The molecule has 1 aliphatic heterocycles. The lowest BCUT2D eigenvalue weighted by atomic mass is 10.0. The first-order valence-electron chi connectivity index (χ1n) is 7.29. The Morgan fingerprint density at radius 1 is 1.48 bits per heavy atom. The van der Waals surface area contributed by atoms with E-state index in [0.29, 0.717) is 18.3 Å². The number of nitrogens with one attached hydrogen (secondary N) is 2. The zero-order valence-corrected chi connectivity index (χ0v) is 12.5. The lowest BCUT2D eigenvalue weighted by Gasteiger charge is -2.16. The molecule has 0 aliphatic carbocycles. The van der Waals surface area contributed by atoms with Crippen LogP contribution < -0.4 is 5.32 Å². The summed E-state index contributed by atoms with van der Waals surface area (Å²) in [5, 5.41) is 9.45. The van der Waals surface area contributed by atoms with Gasteiger partial charge in [-0.25, -0.2) is 13.8 Å². The third-order valence-electron chi connectivity index (χ3n) is 3.80. The molecule has 1 saturated heterocycles. The van der Waals surface area contributed by atoms with Crippen molar-refractivity contribution >= 4 is 5.91 Å². The van der Waals surface area contributed by atoms with E-state index in [1.54, 1.807) is 6.92 Å². The number of benzene rings is 1. The van der Waals surface area contributed by atoms with Gasteiger partial charge in [0.25, 0.3) is 5.91 Å². The normalized spacial score (nSPS) is 20.7. The molecular weight excluding hydrogens is 306 g/mol. The number of amides is 1. The van der Waals surface area contributed by atoms with Crippen molar-refractivity contribution in [2.75, 3.05) is 13.2 Å². The predicted molar refractivity (Wildman–Crippen MR) is 76.6 cm³/mol. The Morgan fingerprint density at radius 2 is 2.30 bits per heavy atom. The standard InChI is InChI=1S/C15H16F2N4O2/c1-8-19-14(21-20-8)13-9(5-6-23-13)7-18-15(22)10-3-2-4-11(16)12(10)17/h2-4,9,13H,5-7H2,1H3,(H,18,22)(H,19,20,21)/t9-,13-/m0/s1. The molecule has 2 N–H and O–H groups in total. The molecule has 3 rings (SSSR count). The Bertz CT molecular complexity index is 719. The van der Waals surface area contributed by atoms with Crippen molar-refractivity contribution in [3.8, 4) is 0 Å². The fraction of sp³-hybridized carbons (Fsp3) is 0.400. The fourth-order valence-electron chi connectivity index (χ4n) is 2.61. The van der Waals surface area contributed by atoms with E-state index in [1.807, 2.05) is 0 Å². The molecule has 1 fully saturated rings. The van der Waals surface area contributed by atoms with Gasteiger partial charge in [0.15, 0.2) is 17.5 Å². The summed E-state index contributed by atoms with van der Waals surface area (Å²) in [6, 6.07) is 3.51. The van der Waals surface area contributed by atoms with Gasteiger partial charge in [0.05, 0.1) is 5.56 Å². The SMILES string of the molecule is Cc1nc([C@H]2OCC[C@H]2CNC(=O)c2cccc(F)c2F)n[nH]1. The van der Waals surface area contributed by atoms with E-state index in [2.05, 4.69) is 20.5 Å². The van der Waals surface area contributed by atoms with E-state index in [-0.39, 0.29) is 24.1 Å². The van der Waals surface area contributed by atoms with E-state index in [4.69, 9.17) is 4.74 Å². The van der Waals surface area contributed by atoms with Crippen LogP contribution in [0, 0.1) is 24.5 Å². The van der Waals surface area contributed by atoms with E-state index in [1.165, 1.54) is 12.1 Å². The van der Waals surface area contributed by atoms with E-state index in [9.17, 15) is 13.6 Å². The average Bonchev–Trinajstić information content (AvgIpc) is 3.16. The van der Waals surface area contributed by atoms with Gasteiger partial charge in [-0.15, -0.1) is 0 Å². The third-order valence-corrected chi connectivity index (χ3v) is 3.80. The van der Waals surface area contributed by atoms with Gasteiger partial charge < -0.3 is 10.1 Å². The van der Waals surface area contributed by atoms with E-state index >= 15 is 0 Å². The second-order valence-corrected chi connectivity index (χ2v) is 5.43. The van der Waals surface area contributed by atoms with Crippen LogP contribution in [0.2, 0.25) is 0 Å². The molecule has 0 bridgehead atoms. The summed E-state index contributed by atoms with van der Waals surface area (Å²) in [5.41, 5.74) is -0.311. The molecule has 1 aromatic heterocycles. The molecule has 2 atom stereocenters. The summed E-state index contributed by atoms with van der Waals surface area (Å²) in [5.74, 6) is -1.65. The van der Waals surface area contributed by atoms with Crippen molar-refractivity contribution in [2.24, 2.45) is 5.92 Å². The summed E-state index contributed by atoms with van der Waals surface area (Å²) in [6.45, 7) is 2.59. The van der Waals surface area contributed by atoms with Crippen molar-refractivity contribution in [3.63, 3.8) is 0 Å². The Kier molecular flexibility index (Phi) is 4.33. The molecule has 1 aromatic carbocycles. The molecule has 0 saturated carbocycles. The van der Waals surface area contributed by atoms with Gasteiger partial charge in [-0.1, -0.05) is 6.07 Å². The van der Waals surface area contributed by atoms with Gasteiger partial charge >= 0.3 is 0 Å². The highest BCUT2D eigenvalue weighted by atomic mass is 19.2. The Hall–Kier alpha value is -2.35. The number of halogens is 2. The minimum absolute atomic E-state index is 0.0224. The van der Waals surface area contributed by atoms with Crippen LogP contribution in [0.5, 0.6) is 0 Å². The van der Waals surface area contributed by atoms with Crippen LogP contribution in [-0.2, 0) is 4.74 Å². The zero-order chi connectivity index (χ0) is 16.4. The van der Waals surface area contributed by atoms with E-state index in [0.717, 1.165) is 12.5 Å². The molecular formula is C15H16F2N4O2. The minimum Gasteiger partial charge on any atom is -0.370 e. The molecule has 1 aliphatic rings. The Labute approximate surface area is 131 Å². The number of aromatic nitrogens is 3. The van der Waals surface area contributed by atoms with Gasteiger partial charge in [0.1, 0.15) is 11.9 Å². The molecule has 8 heteroatoms. The summed E-state index contributed by atoms with van der Waals surface area (Å²) >= 11 is 0. The first-order chi connectivity index (χ1) is 11.1. The van der Waals surface area contributed by atoms with Crippen molar-refractivity contribution in [3.05, 3.63) is 47.0 Å². The third kappa shape index (κ3) is 3.21. The van der Waals surface area contributed by atoms with Gasteiger partial charge in [0.2, 0.25) is 0 Å². The van der Waals surface area contributed by atoms with Crippen molar-refractivity contribution in [1.82, 2.24) is 20.5 Å². The molecule has 1 amide bonds.